The van der Waals surface area contributed by atoms with Crippen LogP contribution in [0, 0.1) is 13.8 Å². The Morgan fingerprint density at radius 1 is 1.25 bits per heavy atom. The summed E-state index contributed by atoms with van der Waals surface area (Å²) in [6, 6.07) is 11.6. The maximum atomic E-state index is 12.4. The molecule has 1 aromatic carbocycles. The fourth-order valence-electron chi connectivity index (χ4n) is 2.08. The van der Waals surface area contributed by atoms with Crippen LogP contribution in [0.3, 0.4) is 0 Å². The molecule has 1 heterocycles. The number of halogens is 1. The van der Waals surface area contributed by atoms with Crippen LogP contribution in [0.15, 0.2) is 40.9 Å². The molecule has 3 nitrogen and oxygen atoms in total. The largest absolute Gasteiger partial charge is 0.336 e. The molecule has 2 rings (SSSR count). The second-order valence-electron chi connectivity index (χ2n) is 4.95. The average molecular weight is 333 g/mol. The summed E-state index contributed by atoms with van der Waals surface area (Å²) < 4.78 is 0.919. The number of amides is 1. The monoisotopic (exact) mass is 332 g/mol. The second kappa shape index (κ2) is 6.18. The first-order chi connectivity index (χ1) is 9.45. The SMILES string of the molecule is Cc1cc(Br)cc(C(=O)N(C)Cc2cccc(C)n2)c1. The minimum atomic E-state index is -0.00212. The molecule has 1 aromatic heterocycles. The van der Waals surface area contributed by atoms with Gasteiger partial charge in [0.05, 0.1) is 12.2 Å². The molecule has 0 spiro atoms. The van der Waals surface area contributed by atoms with E-state index in [1.807, 2.05) is 50.2 Å². The summed E-state index contributed by atoms with van der Waals surface area (Å²) in [5.74, 6) is -0.00212. The summed E-state index contributed by atoms with van der Waals surface area (Å²) in [6.07, 6.45) is 0. The first-order valence-corrected chi connectivity index (χ1v) is 7.20. The maximum Gasteiger partial charge on any atom is 0.253 e. The van der Waals surface area contributed by atoms with Gasteiger partial charge < -0.3 is 4.90 Å². The minimum Gasteiger partial charge on any atom is -0.336 e. The van der Waals surface area contributed by atoms with Crippen molar-refractivity contribution in [3.05, 3.63) is 63.4 Å². The molecule has 0 atom stereocenters. The quantitative estimate of drug-likeness (QED) is 0.857. The lowest BCUT2D eigenvalue weighted by molar-refractivity contribution is 0.0783. The predicted molar refractivity (Wildman–Crippen MR) is 83.7 cm³/mol. The van der Waals surface area contributed by atoms with E-state index in [9.17, 15) is 4.79 Å². The van der Waals surface area contributed by atoms with Crippen molar-refractivity contribution in [1.29, 1.82) is 0 Å². The Bertz CT molecular complexity index is 620. The van der Waals surface area contributed by atoms with Crippen LogP contribution in [0.5, 0.6) is 0 Å². The van der Waals surface area contributed by atoms with E-state index in [4.69, 9.17) is 0 Å². The maximum absolute atomic E-state index is 12.4. The van der Waals surface area contributed by atoms with Crippen LogP contribution >= 0.6 is 15.9 Å². The first-order valence-electron chi connectivity index (χ1n) is 6.41. The van der Waals surface area contributed by atoms with Gasteiger partial charge in [0.15, 0.2) is 0 Å². The fraction of sp³-hybridized carbons (Fsp3) is 0.250. The summed E-state index contributed by atoms with van der Waals surface area (Å²) in [5.41, 5.74) is 3.60. The topological polar surface area (TPSA) is 33.2 Å². The highest BCUT2D eigenvalue weighted by atomic mass is 79.9. The molecule has 0 aliphatic heterocycles. The molecule has 0 N–H and O–H groups in total. The molecule has 2 aromatic rings. The van der Waals surface area contributed by atoms with Gasteiger partial charge in [-0.15, -0.1) is 0 Å². The summed E-state index contributed by atoms with van der Waals surface area (Å²) in [7, 11) is 1.79. The number of pyridine rings is 1. The zero-order chi connectivity index (χ0) is 14.7. The third-order valence-corrected chi connectivity index (χ3v) is 3.44. The van der Waals surface area contributed by atoms with Crippen LogP contribution in [0.2, 0.25) is 0 Å². The Morgan fingerprint density at radius 3 is 2.65 bits per heavy atom. The van der Waals surface area contributed by atoms with Gasteiger partial charge >= 0.3 is 0 Å². The summed E-state index contributed by atoms with van der Waals surface area (Å²) in [6.45, 7) is 4.43. The van der Waals surface area contributed by atoms with Gasteiger partial charge in [0.25, 0.3) is 5.91 Å². The Labute approximate surface area is 127 Å². The molecule has 0 aliphatic rings. The lowest BCUT2D eigenvalue weighted by Crippen LogP contribution is -2.26. The molecular formula is C16H17BrN2O. The summed E-state index contributed by atoms with van der Waals surface area (Å²) in [4.78, 5) is 18.5. The normalized spacial score (nSPS) is 10.4. The predicted octanol–water partition coefficient (Wildman–Crippen LogP) is 3.73. The zero-order valence-corrected chi connectivity index (χ0v) is 13.4. The fourth-order valence-corrected chi connectivity index (χ4v) is 2.69. The van der Waals surface area contributed by atoms with Crippen LogP contribution in [0.25, 0.3) is 0 Å². The standard InChI is InChI=1S/C16H17BrN2O/c1-11-7-13(9-14(17)8-11)16(20)19(3)10-15-6-4-5-12(2)18-15/h4-9H,10H2,1-3H3. The summed E-state index contributed by atoms with van der Waals surface area (Å²) >= 11 is 3.42. The van der Waals surface area contributed by atoms with Crippen LogP contribution in [-0.2, 0) is 6.54 Å². The first kappa shape index (κ1) is 14.7. The molecule has 0 saturated heterocycles. The zero-order valence-electron chi connectivity index (χ0n) is 11.9. The van der Waals surface area contributed by atoms with Crippen molar-refractivity contribution in [3.8, 4) is 0 Å². The molecule has 0 unspecified atom stereocenters. The van der Waals surface area contributed by atoms with Gasteiger partial charge in [-0.05, 0) is 49.7 Å². The highest BCUT2D eigenvalue weighted by Gasteiger charge is 2.13. The van der Waals surface area contributed by atoms with Crippen molar-refractivity contribution in [1.82, 2.24) is 9.88 Å². The van der Waals surface area contributed by atoms with Crippen molar-refractivity contribution >= 4 is 21.8 Å². The number of benzene rings is 1. The lowest BCUT2D eigenvalue weighted by Gasteiger charge is -2.17. The van der Waals surface area contributed by atoms with Crippen molar-refractivity contribution in [3.63, 3.8) is 0 Å². The van der Waals surface area contributed by atoms with E-state index in [1.54, 1.807) is 11.9 Å². The van der Waals surface area contributed by atoms with Gasteiger partial charge in [-0.1, -0.05) is 22.0 Å². The van der Waals surface area contributed by atoms with Crippen LogP contribution < -0.4 is 0 Å². The van der Waals surface area contributed by atoms with Gasteiger partial charge in [-0.25, -0.2) is 0 Å². The third-order valence-electron chi connectivity index (χ3n) is 2.98. The number of carbonyl (C=O) groups is 1. The van der Waals surface area contributed by atoms with Crippen LogP contribution in [0.4, 0.5) is 0 Å². The van der Waals surface area contributed by atoms with Crippen molar-refractivity contribution in [2.45, 2.75) is 20.4 Å². The van der Waals surface area contributed by atoms with E-state index in [-0.39, 0.29) is 5.91 Å². The molecule has 0 bridgehead atoms. The highest BCUT2D eigenvalue weighted by Crippen LogP contribution is 2.17. The van der Waals surface area contributed by atoms with E-state index in [2.05, 4.69) is 20.9 Å². The number of aryl methyl sites for hydroxylation is 2. The number of rotatable bonds is 3. The van der Waals surface area contributed by atoms with E-state index >= 15 is 0 Å². The number of aromatic nitrogens is 1. The Morgan fingerprint density at radius 2 is 2.00 bits per heavy atom. The van der Waals surface area contributed by atoms with Gasteiger partial charge in [0.2, 0.25) is 0 Å². The second-order valence-corrected chi connectivity index (χ2v) is 5.86. The smallest absolute Gasteiger partial charge is 0.253 e. The Balaban J connectivity index is 2.16. The lowest BCUT2D eigenvalue weighted by atomic mass is 10.1. The van der Waals surface area contributed by atoms with Crippen molar-refractivity contribution in [2.75, 3.05) is 7.05 Å². The van der Waals surface area contributed by atoms with Gasteiger partial charge in [-0.2, -0.15) is 0 Å². The third kappa shape index (κ3) is 3.67. The van der Waals surface area contributed by atoms with E-state index in [0.29, 0.717) is 12.1 Å². The Kier molecular flexibility index (Phi) is 4.55. The summed E-state index contributed by atoms with van der Waals surface area (Å²) in [5, 5.41) is 0. The average Bonchev–Trinajstić information content (AvgIpc) is 2.36. The van der Waals surface area contributed by atoms with Gasteiger partial charge in [0.1, 0.15) is 0 Å². The van der Waals surface area contributed by atoms with E-state index in [1.165, 1.54) is 0 Å². The molecule has 0 fully saturated rings. The Hall–Kier alpha value is -1.68. The van der Waals surface area contributed by atoms with Crippen LogP contribution in [-0.4, -0.2) is 22.8 Å². The van der Waals surface area contributed by atoms with Crippen LogP contribution in [0.1, 0.15) is 27.3 Å². The van der Waals surface area contributed by atoms with Gasteiger partial charge in [0, 0.05) is 22.8 Å². The molecule has 20 heavy (non-hydrogen) atoms. The molecule has 4 heteroatoms. The number of hydrogen-bond donors (Lipinski definition) is 0. The highest BCUT2D eigenvalue weighted by molar-refractivity contribution is 9.10. The minimum absolute atomic E-state index is 0.00212. The van der Waals surface area contributed by atoms with E-state index in [0.717, 1.165) is 21.4 Å². The van der Waals surface area contributed by atoms with Gasteiger partial charge in [-0.3, -0.25) is 9.78 Å². The molecule has 0 aliphatic carbocycles. The molecule has 0 radical (unpaired) electrons. The van der Waals surface area contributed by atoms with Crippen molar-refractivity contribution < 1.29 is 4.79 Å². The molecule has 104 valence electrons. The number of carbonyl (C=O) groups excluding carboxylic acids is 1. The molecule has 0 saturated carbocycles. The van der Waals surface area contributed by atoms with Crippen molar-refractivity contribution in [2.24, 2.45) is 0 Å². The number of nitrogens with zero attached hydrogens (tertiary/aromatic N) is 2. The number of hydrogen-bond acceptors (Lipinski definition) is 2. The van der Waals surface area contributed by atoms with E-state index < -0.39 is 0 Å². The molecule has 1 amide bonds. The molecular weight excluding hydrogens is 316 g/mol.